The number of β-amino-alcohol motifs (C(OH)–C–C–N with tert-alkyl or cyclic N) is 1. The number of hydrogen-bond donors (Lipinski definition) is 3. The van der Waals surface area contributed by atoms with Crippen molar-refractivity contribution >= 4 is 16.8 Å². The van der Waals surface area contributed by atoms with E-state index in [4.69, 9.17) is 10.5 Å². The molecular weight excluding hydrogens is 294 g/mol. The summed E-state index contributed by atoms with van der Waals surface area (Å²) in [6.07, 6.45) is 1.13. The minimum absolute atomic E-state index is 0.105. The Morgan fingerprint density at radius 2 is 2.13 bits per heavy atom. The van der Waals surface area contributed by atoms with Gasteiger partial charge in [-0.1, -0.05) is 6.07 Å². The smallest absolute Gasteiger partial charge is 0.231 e. The van der Waals surface area contributed by atoms with Crippen LogP contribution in [0.5, 0.6) is 5.75 Å². The van der Waals surface area contributed by atoms with E-state index in [0.29, 0.717) is 6.54 Å². The number of carbonyl (C=O) groups is 1. The number of nitrogens with two attached hydrogens (primary N) is 1. The Morgan fingerprint density at radius 3 is 2.78 bits per heavy atom. The van der Waals surface area contributed by atoms with Crippen molar-refractivity contribution in [3.63, 3.8) is 0 Å². The summed E-state index contributed by atoms with van der Waals surface area (Å²) in [5.41, 5.74) is 6.01. The number of primary amides is 1. The topological polar surface area (TPSA) is 91.6 Å². The molecule has 6 nitrogen and oxygen atoms in total. The van der Waals surface area contributed by atoms with Crippen molar-refractivity contribution in [1.82, 2.24) is 9.88 Å². The normalized spacial score (nSPS) is 13.4. The molecule has 2 rings (SSSR count). The number of aromatic nitrogens is 1. The Kier molecular flexibility index (Phi) is 5.28. The highest BCUT2D eigenvalue weighted by Crippen LogP contribution is 2.24. The van der Waals surface area contributed by atoms with Gasteiger partial charge in [-0.2, -0.15) is 0 Å². The van der Waals surface area contributed by atoms with Crippen molar-refractivity contribution < 1.29 is 14.6 Å². The SMILES string of the molecule is CC(C)(C)N(CC(N)=O)CC(O)COc1cccc2[nH]ccc12. The third kappa shape index (κ3) is 4.71. The van der Waals surface area contributed by atoms with Crippen LogP contribution >= 0.6 is 0 Å². The average molecular weight is 319 g/mol. The highest BCUT2D eigenvalue weighted by atomic mass is 16.5. The van der Waals surface area contributed by atoms with Crippen molar-refractivity contribution in [2.75, 3.05) is 19.7 Å². The summed E-state index contributed by atoms with van der Waals surface area (Å²) in [4.78, 5) is 16.2. The molecular formula is C17H25N3O3. The summed E-state index contributed by atoms with van der Waals surface area (Å²) in [5, 5.41) is 11.2. The first-order valence-corrected chi connectivity index (χ1v) is 7.67. The Morgan fingerprint density at radius 1 is 1.39 bits per heavy atom. The van der Waals surface area contributed by atoms with Crippen LogP contribution in [0.3, 0.4) is 0 Å². The largest absolute Gasteiger partial charge is 0.490 e. The number of rotatable bonds is 7. The number of carbonyl (C=O) groups excluding carboxylic acids is 1. The van der Waals surface area contributed by atoms with Crippen LogP contribution in [0.15, 0.2) is 30.5 Å². The molecule has 0 aliphatic heterocycles. The molecule has 1 amide bonds. The number of hydrogen-bond acceptors (Lipinski definition) is 4. The average Bonchev–Trinajstić information content (AvgIpc) is 2.91. The molecule has 1 unspecified atom stereocenters. The third-order valence-electron chi connectivity index (χ3n) is 3.71. The minimum atomic E-state index is -0.720. The zero-order valence-electron chi connectivity index (χ0n) is 13.9. The molecule has 1 aromatic carbocycles. The van der Waals surface area contributed by atoms with Gasteiger partial charge in [0.25, 0.3) is 0 Å². The number of benzene rings is 1. The van der Waals surface area contributed by atoms with E-state index in [1.807, 2.05) is 56.1 Å². The predicted molar refractivity (Wildman–Crippen MR) is 90.3 cm³/mol. The van der Waals surface area contributed by atoms with Crippen LogP contribution in [0.4, 0.5) is 0 Å². The number of nitrogens with zero attached hydrogens (tertiary/aromatic N) is 1. The van der Waals surface area contributed by atoms with Gasteiger partial charge in [-0.3, -0.25) is 9.69 Å². The van der Waals surface area contributed by atoms with Crippen molar-refractivity contribution in [2.45, 2.75) is 32.4 Å². The molecule has 126 valence electrons. The Bertz CT molecular complexity index is 660. The fourth-order valence-corrected chi connectivity index (χ4v) is 2.44. The summed E-state index contributed by atoms with van der Waals surface area (Å²) in [7, 11) is 0. The van der Waals surface area contributed by atoms with E-state index in [1.54, 1.807) is 0 Å². The molecule has 0 radical (unpaired) electrons. The number of nitrogens with one attached hydrogen (secondary N) is 1. The van der Waals surface area contributed by atoms with E-state index in [9.17, 15) is 9.90 Å². The third-order valence-corrected chi connectivity index (χ3v) is 3.71. The summed E-state index contributed by atoms with van der Waals surface area (Å²) in [6, 6.07) is 7.67. The zero-order chi connectivity index (χ0) is 17.0. The number of fused-ring (bicyclic) bond motifs is 1. The predicted octanol–water partition coefficient (Wildman–Crippen LogP) is 1.49. The van der Waals surface area contributed by atoms with Crippen LogP contribution in [0.25, 0.3) is 10.9 Å². The van der Waals surface area contributed by atoms with E-state index < -0.39 is 12.0 Å². The number of aromatic amines is 1. The molecule has 0 aliphatic carbocycles. The van der Waals surface area contributed by atoms with Gasteiger partial charge in [0.2, 0.25) is 5.91 Å². The molecule has 0 bridgehead atoms. The van der Waals surface area contributed by atoms with Gasteiger partial charge in [-0.05, 0) is 39.0 Å². The zero-order valence-corrected chi connectivity index (χ0v) is 13.9. The van der Waals surface area contributed by atoms with Gasteiger partial charge >= 0.3 is 0 Å². The quantitative estimate of drug-likeness (QED) is 0.721. The van der Waals surface area contributed by atoms with Gasteiger partial charge in [-0.25, -0.2) is 0 Å². The Balaban J connectivity index is 1.97. The van der Waals surface area contributed by atoms with Gasteiger partial charge in [0, 0.05) is 29.2 Å². The maximum Gasteiger partial charge on any atom is 0.231 e. The van der Waals surface area contributed by atoms with Crippen LogP contribution < -0.4 is 10.5 Å². The van der Waals surface area contributed by atoms with E-state index in [2.05, 4.69) is 4.98 Å². The van der Waals surface area contributed by atoms with Gasteiger partial charge in [0.15, 0.2) is 0 Å². The van der Waals surface area contributed by atoms with Crippen LogP contribution in [0, 0.1) is 0 Å². The van der Waals surface area contributed by atoms with E-state index in [-0.39, 0.29) is 18.7 Å². The highest BCUT2D eigenvalue weighted by molar-refractivity contribution is 5.85. The lowest BCUT2D eigenvalue weighted by Gasteiger charge is -2.35. The van der Waals surface area contributed by atoms with Gasteiger partial charge < -0.3 is 20.6 Å². The first kappa shape index (κ1) is 17.3. The minimum Gasteiger partial charge on any atom is -0.490 e. The van der Waals surface area contributed by atoms with Crippen LogP contribution in [-0.4, -0.2) is 52.2 Å². The van der Waals surface area contributed by atoms with Crippen molar-refractivity contribution in [3.05, 3.63) is 30.5 Å². The highest BCUT2D eigenvalue weighted by Gasteiger charge is 2.25. The van der Waals surface area contributed by atoms with Crippen molar-refractivity contribution in [1.29, 1.82) is 0 Å². The lowest BCUT2D eigenvalue weighted by Crippen LogP contribution is -2.50. The molecule has 4 N–H and O–H groups in total. The standard InChI is InChI=1S/C17H25N3O3/c1-17(2,3)20(10-16(18)22)9-12(21)11-23-15-6-4-5-14-13(15)7-8-19-14/h4-8,12,19,21H,9-11H2,1-3H3,(H2,18,22). The Labute approximate surface area is 136 Å². The number of amides is 1. The summed E-state index contributed by atoms with van der Waals surface area (Å²) in [6.45, 7) is 6.50. The van der Waals surface area contributed by atoms with Crippen molar-refractivity contribution in [3.8, 4) is 5.75 Å². The van der Waals surface area contributed by atoms with Gasteiger partial charge in [-0.15, -0.1) is 0 Å². The first-order valence-electron chi connectivity index (χ1n) is 7.67. The van der Waals surface area contributed by atoms with Crippen molar-refractivity contribution in [2.24, 2.45) is 5.73 Å². The fourth-order valence-electron chi connectivity index (χ4n) is 2.44. The number of aliphatic hydroxyl groups excluding tert-OH is 1. The molecule has 0 fully saturated rings. The van der Waals surface area contributed by atoms with Crippen LogP contribution in [-0.2, 0) is 4.79 Å². The summed E-state index contributed by atoms with van der Waals surface area (Å²) in [5.74, 6) is 0.310. The maximum absolute atomic E-state index is 11.2. The molecule has 2 aromatic rings. The molecule has 1 heterocycles. The second-order valence-electron chi connectivity index (χ2n) is 6.68. The fraction of sp³-hybridized carbons (Fsp3) is 0.471. The molecule has 0 aliphatic rings. The summed E-state index contributed by atoms with van der Waals surface area (Å²) < 4.78 is 5.75. The molecule has 0 saturated carbocycles. The van der Waals surface area contributed by atoms with Crippen LogP contribution in [0.1, 0.15) is 20.8 Å². The van der Waals surface area contributed by atoms with E-state index in [1.165, 1.54) is 0 Å². The Hall–Kier alpha value is -2.05. The molecule has 23 heavy (non-hydrogen) atoms. The van der Waals surface area contributed by atoms with Gasteiger partial charge in [0.05, 0.1) is 6.54 Å². The monoisotopic (exact) mass is 319 g/mol. The number of ether oxygens (including phenoxy) is 1. The van der Waals surface area contributed by atoms with Crippen LogP contribution in [0.2, 0.25) is 0 Å². The molecule has 6 heteroatoms. The lowest BCUT2D eigenvalue weighted by atomic mass is 10.1. The summed E-state index contributed by atoms with van der Waals surface area (Å²) >= 11 is 0. The second-order valence-corrected chi connectivity index (χ2v) is 6.68. The second kappa shape index (κ2) is 7.02. The molecule has 0 saturated heterocycles. The number of H-pyrrole nitrogens is 1. The maximum atomic E-state index is 11.2. The van der Waals surface area contributed by atoms with E-state index >= 15 is 0 Å². The first-order chi connectivity index (χ1) is 10.8. The van der Waals surface area contributed by atoms with E-state index in [0.717, 1.165) is 16.7 Å². The number of aliphatic hydroxyl groups is 1. The lowest BCUT2D eigenvalue weighted by molar-refractivity contribution is -0.121. The molecule has 1 aromatic heterocycles. The molecule has 0 spiro atoms. The molecule has 1 atom stereocenters. The van der Waals surface area contributed by atoms with Gasteiger partial charge in [0.1, 0.15) is 18.5 Å².